The third kappa shape index (κ3) is 8.08. The molecule has 0 aromatic carbocycles. The molecule has 1 rings (SSSR count). The number of esters is 1. The predicted molar refractivity (Wildman–Crippen MR) is 101 cm³/mol. The summed E-state index contributed by atoms with van der Waals surface area (Å²) >= 11 is 0. The van der Waals surface area contributed by atoms with Crippen LogP contribution in [0.15, 0.2) is 0 Å². The molecule has 0 saturated heterocycles. The molecule has 0 aromatic heterocycles. The Morgan fingerprint density at radius 3 is 2.32 bits per heavy atom. The summed E-state index contributed by atoms with van der Waals surface area (Å²) < 4.78 is 4.81. The normalized spacial score (nSPS) is 16.5. The molecule has 1 atom stereocenters. The molecule has 0 spiro atoms. The van der Waals surface area contributed by atoms with E-state index in [1.165, 1.54) is 26.4 Å². The highest BCUT2D eigenvalue weighted by atomic mass is 16.5. The van der Waals surface area contributed by atoms with Gasteiger partial charge in [0.1, 0.15) is 0 Å². The number of hydrogen-bond donors (Lipinski definition) is 1. The van der Waals surface area contributed by atoms with Gasteiger partial charge in [0, 0.05) is 19.1 Å². The summed E-state index contributed by atoms with van der Waals surface area (Å²) in [5.74, 6) is -0.574. The summed E-state index contributed by atoms with van der Waals surface area (Å²) in [6.45, 7) is 10.2. The molecule has 1 fully saturated rings. The van der Waals surface area contributed by atoms with Crippen LogP contribution in [0.25, 0.3) is 0 Å². The minimum absolute atomic E-state index is 0.0396. The summed E-state index contributed by atoms with van der Waals surface area (Å²) in [5.41, 5.74) is 0. The molecule has 1 aliphatic carbocycles. The second kappa shape index (κ2) is 12.1. The van der Waals surface area contributed by atoms with Crippen LogP contribution < -0.4 is 5.32 Å². The molecule has 0 aliphatic heterocycles. The van der Waals surface area contributed by atoms with Crippen molar-refractivity contribution in [1.82, 2.24) is 15.1 Å². The van der Waals surface area contributed by atoms with E-state index in [-0.39, 0.29) is 24.0 Å². The van der Waals surface area contributed by atoms with Crippen LogP contribution in [-0.2, 0) is 9.53 Å². The second-order valence-electron chi connectivity index (χ2n) is 7.04. The van der Waals surface area contributed by atoms with Crippen LogP contribution in [-0.4, -0.2) is 67.7 Å². The molecule has 0 aromatic rings. The van der Waals surface area contributed by atoms with Crippen molar-refractivity contribution >= 4 is 12.0 Å². The van der Waals surface area contributed by atoms with Crippen molar-refractivity contribution in [2.75, 3.05) is 39.8 Å². The lowest BCUT2D eigenvalue weighted by Gasteiger charge is -2.30. The van der Waals surface area contributed by atoms with E-state index in [9.17, 15) is 9.59 Å². The van der Waals surface area contributed by atoms with Crippen LogP contribution in [0.2, 0.25) is 0 Å². The number of urea groups is 1. The Balaban J connectivity index is 2.58. The van der Waals surface area contributed by atoms with E-state index >= 15 is 0 Å². The van der Waals surface area contributed by atoms with Crippen molar-refractivity contribution in [2.45, 2.75) is 65.3 Å². The van der Waals surface area contributed by atoms with Gasteiger partial charge in [-0.1, -0.05) is 40.0 Å². The largest absolute Gasteiger partial charge is 0.469 e. The monoisotopic (exact) mass is 355 g/mol. The first kappa shape index (κ1) is 21.7. The zero-order valence-corrected chi connectivity index (χ0v) is 16.6. The first-order valence-electron chi connectivity index (χ1n) is 9.87. The minimum atomic E-state index is -0.310. The molecule has 1 aliphatic rings. The maximum atomic E-state index is 12.7. The van der Waals surface area contributed by atoms with Crippen molar-refractivity contribution in [1.29, 1.82) is 0 Å². The van der Waals surface area contributed by atoms with Crippen LogP contribution >= 0.6 is 0 Å². The van der Waals surface area contributed by atoms with Crippen molar-refractivity contribution in [3.8, 4) is 0 Å². The van der Waals surface area contributed by atoms with Crippen LogP contribution in [0.1, 0.15) is 59.3 Å². The van der Waals surface area contributed by atoms with Gasteiger partial charge in [-0.05, 0) is 38.9 Å². The zero-order chi connectivity index (χ0) is 18.7. The summed E-state index contributed by atoms with van der Waals surface area (Å²) in [6, 6.07) is 0.238. The number of nitrogens with one attached hydrogen (secondary N) is 1. The molecule has 1 saturated carbocycles. The van der Waals surface area contributed by atoms with Gasteiger partial charge < -0.3 is 19.9 Å². The van der Waals surface area contributed by atoms with E-state index < -0.39 is 0 Å². The van der Waals surface area contributed by atoms with E-state index in [0.717, 1.165) is 38.9 Å². The van der Waals surface area contributed by atoms with Crippen molar-refractivity contribution < 1.29 is 14.3 Å². The molecule has 0 radical (unpaired) electrons. The highest BCUT2D eigenvalue weighted by molar-refractivity contribution is 5.76. The summed E-state index contributed by atoms with van der Waals surface area (Å²) in [7, 11) is 1.39. The zero-order valence-electron chi connectivity index (χ0n) is 16.6. The van der Waals surface area contributed by atoms with E-state index in [1.54, 1.807) is 4.90 Å². The number of methoxy groups -OCH3 is 1. The quantitative estimate of drug-likeness (QED) is 0.612. The Hall–Kier alpha value is -1.30. The summed E-state index contributed by atoms with van der Waals surface area (Å²) in [5, 5.41) is 3.17. The standard InChI is InChI=1S/C19H37N3O3/c1-5-21(6-2)13-10-14-22(15-16(3)18(23)25-4)19(24)20-17-11-8-7-9-12-17/h16-17H,5-15H2,1-4H3,(H,20,24). The highest BCUT2D eigenvalue weighted by Crippen LogP contribution is 2.18. The Kier molecular flexibility index (Phi) is 10.5. The number of rotatable bonds is 10. The first-order chi connectivity index (χ1) is 12.0. The fraction of sp³-hybridized carbons (Fsp3) is 0.895. The Morgan fingerprint density at radius 1 is 1.12 bits per heavy atom. The van der Waals surface area contributed by atoms with Gasteiger partial charge >= 0.3 is 12.0 Å². The predicted octanol–water partition coefficient (Wildman–Crippen LogP) is 2.87. The molecule has 6 heteroatoms. The Labute approximate surface area is 153 Å². The third-order valence-electron chi connectivity index (χ3n) is 5.11. The molecule has 1 N–H and O–H groups in total. The molecular formula is C19H37N3O3. The van der Waals surface area contributed by atoms with Gasteiger partial charge in [0.25, 0.3) is 0 Å². The molecule has 146 valence electrons. The van der Waals surface area contributed by atoms with Gasteiger partial charge in [0.15, 0.2) is 0 Å². The SMILES string of the molecule is CCN(CC)CCCN(CC(C)C(=O)OC)C(=O)NC1CCCCC1. The average molecular weight is 356 g/mol. The maximum absolute atomic E-state index is 12.7. The number of hydrogen-bond acceptors (Lipinski definition) is 4. The lowest BCUT2D eigenvalue weighted by molar-refractivity contribution is -0.145. The van der Waals surface area contributed by atoms with Crippen LogP contribution in [0.4, 0.5) is 4.79 Å². The molecule has 6 nitrogen and oxygen atoms in total. The van der Waals surface area contributed by atoms with E-state index in [1.807, 2.05) is 6.92 Å². The number of carbonyl (C=O) groups excluding carboxylic acids is 2. The first-order valence-corrected chi connectivity index (χ1v) is 9.87. The highest BCUT2D eigenvalue weighted by Gasteiger charge is 2.24. The maximum Gasteiger partial charge on any atom is 0.317 e. The fourth-order valence-corrected chi connectivity index (χ4v) is 3.42. The number of nitrogens with zero attached hydrogens (tertiary/aromatic N) is 2. The molecular weight excluding hydrogens is 318 g/mol. The van der Waals surface area contributed by atoms with Gasteiger partial charge in [-0.3, -0.25) is 4.79 Å². The molecule has 25 heavy (non-hydrogen) atoms. The van der Waals surface area contributed by atoms with Crippen molar-refractivity contribution in [3.05, 3.63) is 0 Å². The van der Waals surface area contributed by atoms with Gasteiger partial charge in [-0.25, -0.2) is 4.79 Å². The second-order valence-corrected chi connectivity index (χ2v) is 7.04. The summed E-state index contributed by atoms with van der Waals surface area (Å²) in [6.07, 6.45) is 6.67. The number of amides is 2. The Bertz CT molecular complexity index is 393. The lowest BCUT2D eigenvalue weighted by atomic mass is 9.96. The van der Waals surface area contributed by atoms with Gasteiger partial charge in [0.2, 0.25) is 0 Å². The summed E-state index contributed by atoms with van der Waals surface area (Å²) in [4.78, 5) is 28.6. The molecule has 1 unspecified atom stereocenters. The Morgan fingerprint density at radius 2 is 1.76 bits per heavy atom. The van der Waals surface area contributed by atoms with E-state index in [2.05, 4.69) is 24.1 Å². The van der Waals surface area contributed by atoms with Gasteiger partial charge in [-0.15, -0.1) is 0 Å². The molecule has 0 bridgehead atoms. The smallest absolute Gasteiger partial charge is 0.317 e. The van der Waals surface area contributed by atoms with Crippen LogP contribution in [0.5, 0.6) is 0 Å². The molecule has 2 amide bonds. The third-order valence-corrected chi connectivity index (χ3v) is 5.11. The van der Waals surface area contributed by atoms with Crippen molar-refractivity contribution in [2.24, 2.45) is 5.92 Å². The lowest BCUT2D eigenvalue weighted by Crippen LogP contribution is -2.48. The van der Waals surface area contributed by atoms with Crippen LogP contribution in [0.3, 0.4) is 0 Å². The average Bonchev–Trinajstić information content (AvgIpc) is 2.64. The molecule has 0 heterocycles. The minimum Gasteiger partial charge on any atom is -0.469 e. The van der Waals surface area contributed by atoms with E-state index in [4.69, 9.17) is 4.74 Å². The number of ether oxygens (including phenoxy) is 1. The van der Waals surface area contributed by atoms with Gasteiger partial charge in [0.05, 0.1) is 13.0 Å². The van der Waals surface area contributed by atoms with E-state index in [0.29, 0.717) is 13.1 Å². The van der Waals surface area contributed by atoms with Crippen molar-refractivity contribution in [3.63, 3.8) is 0 Å². The fourth-order valence-electron chi connectivity index (χ4n) is 3.42. The van der Waals surface area contributed by atoms with Gasteiger partial charge in [-0.2, -0.15) is 0 Å². The van der Waals surface area contributed by atoms with Crippen LogP contribution in [0, 0.1) is 5.92 Å². The number of carbonyl (C=O) groups is 2. The topological polar surface area (TPSA) is 61.9 Å².